The molecule has 0 aliphatic heterocycles. The highest BCUT2D eigenvalue weighted by atomic mass is 16.4. The average Bonchev–Trinajstić information content (AvgIpc) is 3.04. The lowest BCUT2D eigenvalue weighted by molar-refractivity contribution is -0.136. The van der Waals surface area contributed by atoms with E-state index in [4.69, 9.17) is 9.52 Å². The van der Waals surface area contributed by atoms with Gasteiger partial charge in [0.15, 0.2) is 0 Å². The van der Waals surface area contributed by atoms with Gasteiger partial charge in [-0.25, -0.2) is 4.98 Å². The van der Waals surface area contributed by atoms with Crippen LogP contribution in [-0.4, -0.2) is 38.5 Å². The Hall–Kier alpha value is -2.57. The first-order valence-corrected chi connectivity index (χ1v) is 6.97. The van der Waals surface area contributed by atoms with E-state index in [9.17, 15) is 9.59 Å². The smallest absolute Gasteiger partial charge is 0.311 e. The fourth-order valence-corrected chi connectivity index (χ4v) is 2.32. The van der Waals surface area contributed by atoms with Gasteiger partial charge in [0.25, 0.3) is 5.91 Å². The summed E-state index contributed by atoms with van der Waals surface area (Å²) in [6.45, 7) is 4.89. The van der Waals surface area contributed by atoms with Crippen molar-refractivity contribution >= 4 is 11.9 Å². The molecule has 0 bridgehead atoms. The number of carboxylic acids is 1. The lowest BCUT2D eigenvalue weighted by Gasteiger charge is -2.18. The Morgan fingerprint density at radius 1 is 1.45 bits per heavy atom. The number of rotatable bonds is 6. The van der Waals surface area contributed by atoms with Gasteiger partial charge >= 0.3 is 5.97 Å². The van der Waals surface area contributed by atoms with Crippen LogP contribution in [-0.2, 0) is 24.3 Å². The summed E-state index contributed by atoms with van der Waals surface area (Å²) < 4.78 is 7.16. The number of aryl methyl sites for hydroxylation is 2. The van der Waals surface area contributed by atoms with Crippen molar-refractivity contribution in [3.63, 3.8) is 0 Å². The van der Waals surface area contributed by atoms with Crippen LogP contribution >= 0.6 is 0 Å². The molecule has 0 atom stereocenters. The van der Waals surface area contributed by atoms with E-state index in [1.54, 1.807) is 26.5 Å². The zero-order valence-electron chi connectivity index (χ0n) is 12.9. The number of carbonyl (C=O) groups excluding carboxylic acids is 1. The second-order valence-electron chi connectivity index (χ2n) is 5.12. The van der Waals surface area contributed by atoms with E-state index in [0.717, 1.165) is 12.2 Å². The zero-order valence-corrected chi connectivity index (χ0v) is 12.9. The van der Waals surface area contributed by atoms with Crippen molar-refractivity contribution in [3.8, 4) is 0 Å². The largest absolute Gasteiger partial charge is 0.481 e. The summed E-state index contributed by atoms with van der Waals surface area (Å²) in [5.74, 6) is -1.10. The van der Waals surface area contributed by atoms with Crippen LogP contribution in [0, 0.1) is 6.92 Å². The van der Waals surface area contributed by atoms with Gasteiger partial charge in [0.1, 0.15) is 12.2 Å². The van der Waals surface area contributed by atoms with Crippen LogP contribution in [0.1, 0.15) is 34.3 Å². The van der Waals surface area contributed by atoms with Crippen molar-refractivity contribution < 1.29 is 19.1 Å². The predicted molar refractivity (Wildman–Crippen MR) is 78.5 cm³/mol. The van der Waals surface area contributed by atoms with E-state index >= 15 is 0 Å². The molecule has 0 aliphatic rings. The van der Waals surface area contributed by atoms with E-state index in [2.05, 4.69) is 4.98 Å². The Kier molecular flexibility index (Phi) is 4.65. The Morgan fingerprint density at radius 2 is 2.18 bits per heavy atom. The van der Waals surface area contributed by atoms with Gasteiger partial charge < -0.3 is 19.0 Å². The van der Waals surface area contributed by atoms with Crippen LogP contribution in [0.2, 0.25) is 0 Å². The van der Waals surface area contributed by atoms with Gasteiger partial charge in [-0.1, -0.05) is 0 Å². The van der Waals surface area contributed by atoms with Crippen LogP contribution < -0.4 is 0 Å². The minimum absolute atomic E-state index is 0.186. The van der Waals surface area contributed by atoms with Gasteiger partial charge in [-0.3, -0.25) is 9.59 Å². The molecule has 2 rings (SSSR count). The number of aliphatic carboxylic acids is 1. The molecule has 2 aromatic rings. The molecule has 0 spiro atoms. The molecule has 2 heterocycles. The van der Waals surface area contributed by atoms with Crippen LogP contribution in [0.25, 0.3) is 0 Å². The summed E-state index contributed by atoms with van der Waals surface area (Å²) in [6, 6.07) is 0. The van der Waals surface area contributed by atoms with E-state index in [-0.39, 0.29) is 18.1 Å². The Labute approximate surface area is 128 Å². The number of hydrogen-bond acceptors (Lipinski definition) is 4. The SMILES string of the molecule is CCn1cncc1CN(C)C(=O)c1c(C)coc1CC(=O)O. The molecule has 0 aromatic carbocycles. The van der Waals surface area contributed by atoms with Gasteiger partial charge in [-0.2, -0.15) is 0 Å². The number of imidazole rings is 1. The highest BCUT2D eigenvalue weighted by molar-refractivity contribution is 5.97. The summed E-state index contributed by atoms with van der Waals surface area (Å²) in [4.78, 5) is 29.1. The molecule has 0 saturated heterocycles. The summed E-state index contributed by atoms with van der Waals surface area (Å²) in [5, 5.41) is 8.90. The molecule has 118 valence electrons. The van der Waals surface area contributed by atoms with E-state index in [1.807, 2.05) is 11.5 Å². The Bertz CT molecular complexity index is 687. The predicted octanol–water partition coefficient (Wildman–Crippen LogP) is 1.70. The number of carbonyl (C=O) groups is 2. The normalized spacial score (nSPS) is 10.7. The number of hydrogen-bond donors (Lipinski definition) is 1. The van der Waals surface area contributed by atoms with Crippen molar-refractivity contribution in [2.75, 3.05) is 7.05 Å². The highest BCUT2D eigenvalue weighted by Gasteiger charge is 2.23. The summed E-state index contributed by atoms with van der Waals surface area (Å²) >= 11 is 0. The highest BCUT2D eigenvalue weighted by Crippen LogP contribution is 2.20. The zero-order chi connectivity index (χ0) is 16.3. The summed E-state index contributed by atoms with van der Waals surface area (Å²) in [6.07, 6.45) is 4.53. The maximum Gasteiger partial charge on any atom is 0.311 e. The fourth-order valence-electron chi connectivity index (χ4n) is 2.32. The molecule has 0 saturated carbocycles. The third kappa shape index (κ3) is 3.19. The number of furan rings is 1. The summed E-state index contributed by atoms with van der Waals surface area (Å²) in [7, 11) is 1.67. The molecule has 0 unspecified atom stereocenters. The van der Waals surface area contributed by atoms with Crippen molar-refractivity contribution in [1.29, 1.82) is 0 Å². The number of amides is 1. The molecule has 22 heavy (non-hydrogen) atoms. The van der Waals surface area contributed by atoms with Gasteiger partial charge in [0.05, 0.1) is 30.4 Å². The number of aromatic nitrogens is 2. The summed E-state index contributed by atoms with van der Waals surface area (Å²) in [5.41, 5.74) is 1.88. The average molecular weight is 305 g/mol. The number of carboxylic acid groups (broad SMARTS) is 1. The molecule has 2 aromatic heterocycles. The lowest BCUT2D eigenvalue weighted by atomic mass is 10.1. The van der Waals surface area contributed by atoms with Crippen molar-refractivity contribution in [2.24, 2.45) is 0 Å². The van der Waals surface area contributed by atoms with Gasteiger partial charge in [-0.05, 0) is 13.8 Å². The molecule has 1 N–H and O–H groups in total. The first-order valence-electron chi connectivity index (χ1n) is 6.97. The third-order valence-corrected chi connectivity index (χ3v) is 3.46. The second-order valence-corrected chi connectivity index (χ2v) is 5.12. The Balaban J connectivity index is 2.20. The molecule has 0 aliphatic carbocycles. The monoisotopic (exact) mass is 305 g/mol. The molecular weight excluding hydrogens is 286 g/mol. The Morgan fingerprint density at radius 3 is 2.82 bits per heavy atom. The van der Waals surface area contributed by atoms with Crippen LogP contribution in [0.4, 0.5) is 0 Å². The minimum Gasteiger partial charge on any atom is -0.481 e. The molecule has 7 heteroatoms. The molecule has 1 amide bonds. The van der Waals surface area contributed by atoms with Crippen molar-refractivity contribution in [3.05, 3.63) is 41.4 Å². The van der Waals surface area contributed by atoms with Crippen molar-refractivity contribution in [2.45, 2.75) is 33.4 Å². The first kappa shape index (κ1) is 15.8. The first-order chi connectivity index (χ1) is 10.4. The number of nitrogens with zero attached hydrogens (tertiary/aromatic N) is 3. The van der Waals surface area contributed by atoms with Gasteiger partial charge in [0, 0.05) is 25.4 Å². The molecule has 0 fully saturated rings. The van der Waals surface area contributed by atoms with E-state index in [1.165, 1.54) is 11.2 Å². The van der Waals surface area contributed by atoms with Crippen LogP contribution in [0.15, 0.2) is 23.2 Å². The minimum atomic E-state index is -1.03. The molecular formula is C15H19N3O4. The van der Waals surface area contributed by atoms with E-state index < -0.39 is 5.97 Å². The second kappa shape index (κ2) is 6.46. The van der Waals surface area contributed by atoms with E-state index in [0.29, 0.717) is 17.7 Å². The standard InChI is InChI=1S/C15H19N3O4/c1-4-18-9-16-6-11(18)7-17(3)15(21)14-10(2)8-22-12(14)5-13(19)20/h6,8-9H,4-5,7H2,1-3H3,(H,19,20). The lowest BCUT2D eigenvalue weighted by Crippen LogP contribution is -2.28. The van der Waals surface area contributed by atoms with Crippen LogP contribution in [0.5, 0.6) is 0 Å². The van der Waals surface area contributed by atoms with Gasteiger partial charge in [-0.15, -0.1) is 0 Å². The third-order valence-electron chi connectivity index (χ3n) is 3.46. The maximum absolute atomic E-state index is 12.6. The fraction of sp³-hybridized carbons (Fsp3) is 0.400. The molecule has 0 radical (unpaired) electrons. The topological polar surface area (TPSA) is 88.6 Å². The maximum atomic E-state index is 12.6. The van der Waals surface area contributed by atoms with Gasteiger partial charge in [0.2, 0.25) is 0 Å². The quantitative estimate of drug-likeness (QED) is 0.877. The van der Waals surface area contributed by atoms with Crippen molar-refractivity contribution in [1.82, 2.24) is 14.5 Å². The molecule has 7 nitrogen and oxygen atoms in total. The van der Waals surface area contributed by atoms with Crippen LogP contribution in [0.3, 0.4) is 0 Å².